The van der Waals surface area contributed by atoms with Gasteiger partial charge in [-0.1, -0.05) is 0 Å². The second kappa shape index (κ2) is 6.05. The van der Waals surface area contributed by atoms with E-state index in [1.807, 2.05) is 0 Å². The first-order valence-corrected chi connectivity index (χ1v) is 6.38. The Hall–Kier alpha value is -2.32. The van der Waals surface area contributed by atoms with Crippen molar-refractivity contribution in [3.63, 3.8) is 0 Å². The van der Waals surface area contributed by atoms with Crippen molar-refractivity contribution < 1.29 is 31.1 Å². The molecule has 23 heavy (non-hydrogen) atoms. The van der Waals surface area contributed by atoms with Gasteiger partial charge in [0.25, 0.3) is 0 Å². The number of carbonyl (C=O) groups is 1. The number of carbonyl (C=O) groups excluding carboxylic acids is 1. The van der Waals surface area contributed by atoms with Crippen molar-refractivity contribution in [2.24, 2.45) is 0 Å². The predicted octanol–water partition coefficient (Wildman–Crippen LogP) is 4.18. The van der Waals surface area contributed by atoms with Crippen molar-refractivity contribution in [2.75, 3.05) is 0 Å². The third-order valence-electron chi connectivity index (χ3n) is 3.00. The molecule has 0 N–H and O–H groups in total. The summed E-state index contributed by atoms with van der Waals surface area (Å²) in [5.41, 5.74) is -3.13. The lowest BCUT2D eigenvalue weighted by Crippen LogP contribution is -2.11. The van der Waals surface area contributed by atoms with Crippen LogP contribution in [0.3, 0.4) is 0 Å². The number of alkyl halides is 6. The first kappa shape index (κ1) is 17.0. The Kier molecular flexibility index (Phi) is 4.49. The van der Waals surface area contributed by atoms with Crippen molar-refractivity contribution >= 4 is 6.29 Å². The number of aromatic nitrogens is 2. The minimum Gasteiger partial charge on any atom is -0.303 e. The summed E-state index contributed by atoms with van der Waals surface area (Å²) in [6, 6.07) is 2.58. The first-order valence-electron chi connectivity index (χ1n) is 6.38. The molecule has 0 saturated carbocycles. The number of benzene rings is 1. The van der Waals surface area contributed by atoms with Crippen molar-refractivity contribution in [1.82, 2.24) is 9.78 Å². The summed E-state index contributed by atoms with van der Waals surface area (Å²) in [6.45, 7) is 0.189. The summed E-state index contributed by atoms with van der Waals surface area (Å²) in [7, 11) is 0. The second-order valence-corrected chi connectivity index (χ2v) is 4.71. The molecule has 0 aliphatic heterocycles. The summed E-state index contributed by atoms with van der Waals surface area (Å²) < 4.78 is 78.0. The quantitative estimate of drug-likeness (QED) is 0.620. The number of hydrogen-bond donors (Lipinski definition) is 0. The fourth-order valence-corrected chi connectivity index (χ4v) is 1.93. The average molecular weight is 336 g/mol. The van der Waals surface area contributed by atoms with Gasteiger partial charge in [-0.05, 0) is 24.3 Å². The van der Waals surface area contributed by atoms with Gasteiger partial charge in [0.05, 0.1) is 16.8 Å². The maximum atomic E-state index is 12.8. The molecule has 0 radical (unpaired) electrons. The fourth-order valence-electron chi connectivity index (χ4n) is 1.93. The molecule has 2 aromatic rings. The zero-order valence-electron chi connectivity index (χ0n) is 11.4. The summed E-state index contributed by atoms with van der Waals surface area (Å²) in [5.74, 6) is 0. The largest absolute Gasteiger partial charge is 0.416 e. The van der Waals surface area contributed by atoms with Crippen LogP contribution in [-0.2, 0) is 23.7 Å². The van der Waals surface area contributed by atoms with E-state index in [1.54, 1.807) is 0 Å². The first-order chi connectivity index (χ1) is 10.6. The highest BCUT2D eigenvalue weighted by atomic mass is 19.4. The molecule has 0 amide bonds. The molecular formula is C14H10F6N2O. The third kappa shape index (κ3) is 4.11. The van der Waals surface area contributed by atoms with E-state index in [4.69, 9.17) is 0 Å². The van der Waals surface area contributed by atoms with Crippen LogP contribution < -0.4 is 0 Å². The molecule has 3 nitrogen and oxygen atoms in total. The van der Waals surface area contributed by atoms with Crippen LogP contribution in [0.5, 0.6) is 0 Å². The molecule has 1 heterocycles. The van der Waals surface area contributed by atoms with E-state index in [0.29, 0.717) is 18.4 Å². The Labute approximate surface area is 126 Å². The van der Waals surface area contributed by atoms with Gasteiger partial charge in [-0.15, -0.1) is 0 Å². The molecule has 0 fully saturated rings. The summed E-state index contributed by atoms with van der Waals surface area (Å²) >= 11 is 0. The van der Waals surface area contributed by atoms with Crippen LogP contribution in [0.4, 0.5) is 26.3 Å². The number of aryl methyl sites for hydroxylation is 1. The Morgan fingerprint density at radius 1 is 1.00 bits per heavy atom. The van der Waals surface area contributed by atoms with Gasteiger partial charge in [0.15, 0.2) is 0 Å². The molecule has 9 heteroatoms. The van der Waals surface area contributed by atoms with Crippen molar-refractivity contribution in [3.8, 4) is 11.3 Å². The van der Waals surface area contributed by atoms with Gasteiger partial charge >= 0.3 is 12.4 Å². The van der Waals surface area contributed by atoms with Crippen LogP contribution >= 0.6 is 0 Å². The summed E-state index contributed by atoms with van der Waals surface area (Å²) in [5, 5.41) is 3.89. The minimum atomic E-state index is -4.91. The lowest BCUT2D eigenvalue weighted by atomic mass is 10.0. The second-order valence-electron chi connectivity index (χ2n) is 4.71. The molecule has 0 bridgehead atoms. The Balaban J connectivity index is 2.49. The monoisotopic (exact) mass is 336 g/mol. The molecule has 1 aromatic heterocycles. The Morgan fingerprint density at radius 2 is 1.57 bits per heavy atom. The van der Waals surface area contributed by atoms with Crippen LogP contribution in [0, 0.1) is 0 Å². The van der Waals surface area contributed by atoms with E-state index in [0.717, 1.165) is 0 Å². The highest BCUT2D eigenvalue weighted by Crippen LogP contribution is 2.38. The lowest BCUT2D eigenvalue weighted by Gasteiger charge is -2.13. The van der Waals surface area contributed by atoms with Gasteiger partial charge in [-0.25, -0.2) is 0 Å². The molecule has 1 aromatic carbocycles. The molecule has 0 aliphatic rings. The lowest BCUT2D eigenvalue weighted by molar-refractivity contribution is -0.143. The van der Waals surface area contributed by atoms with E-state index in [1.165, 1.54) is 16.9 Å². The van der Waals surface area contributed by atoms with Crippen molar-refractivity contribution in [2.45, 2.75) is 25.3 Å². The number of rotatable bonds is 4. The van der Waals surface area contributed by atoms with E-state index in [-0.39, 0.29) is 30.3 Å². The van der Waals surface area contributed by atoms with Gasteiger partial charge in [0, 0.05) is 24.7 Å². The predicted molar refractivity (Wildman–Crippen MR) is 68.3 cm³/mol. The number of halogens is 6. The van der Waals surface area contributed by atoms with Crippen LogP contribution in [0.1, 0.15) is 17.5 Å². The SMILES string of the molecule is O=CCCn1ccc(-c2cc(C(F)(F)F)cc(C(F)(F)F)c2)n1. The van der Waals surface area contributed by atoms with Crippen LogP contribution in [0.15, 0.2) is 30.5 Å². The molecule has 0 aliphatic carbocycles. The van der Waals surface area contributed by atoms with E-state index in [9.17, 15) is 31.1 Å². The standard InChI is InChI=1S/C14H10F6N2O/c15-13(16,17)10-6-9(7-11(8-10)14(18,19)20)12-2-4-22(21-12)3-1-5-23/h2,4-8H,1,3H2. The van der Waals surface area contributed by atoms with Crippen molar-refractivity contribution in [1.29, 1.82) is 0 Å². The van der Waals surface area contributed by atoms with Gasteiger partial charge in [0.1, 0.15) is 6.29 Å². The number of aldehydes is 1. The molecule has 124 valence electrons. The Bertz CT molecular complexity index is 670. The molecular weight excluding hydrogens is 326 g/mol. The highest BCUT2D eigenvalue weighted by Gasteiger charge is 2.37. The third-order valence-corrected chi connectivity index (χ3v) is 3.00. The molecule has 0 unspecified atom stereocenters. The average Bonchev–Trinajstić information content (AvgIpc) is 2.91. The molecule has 0 spiro atoms. The van der Waals surface area contributed by atoms with Crippen molar-refractivity contribution in [3.05, 3.63) is 41.6 Å². The minimum absolute atomic E-state index is 0.0347. The zero-order chi connectivity index (χ0) is 17.3. The number of hydrogen-bond acceptors (Lipinski definition) is 2. The highest BCUT2D eigenvalue weighted by molar-refractivity contribution is 5.61. The maximum absolute atomic E-state index is 12.8. The van der Waals surface area contributed by atoms with Crippen LogP contribution in [0.2, 0.25) is 0 Å². The van der Waals surface area contributed by atoms with Gasteiger partial charge in [-0.2, -0.15) is 31.4 Å². The molecule has 0 atom stereocenters. The molecule has 2 rings (SSSR count). The van der Waals surface area contributed by atoms with Gasteiger partial charge in [0.2, 0.25) is 0 Å². The summed E-state index contributed by atoms with van der Waals surface area (Å²) in [4.78, 5) is 10.3. The maximum Gasteiger partial charge on any atom is 0.416 e. The Morgan fingerprint density at radius 3 is 2.04 bits per heavy atom. The smallest absolute Gasteiger partial charge is 0.303 e. The van der Waals surface area contributed by atoms with Crippen LogP contribution in [-0.4, -0.2) is 16.1 Å². The van der Waals surface area contributed by atoms with Gasteiger partial charge < -0.3 is 4.79 Å². The normalized spacial score (nSPS) is 12.4. The summed E-state index contributed by atoms with van der Waals surface area (Å²) in [6.07, 6.45) is -7.66. The van der Waals surface area contributed by atoms with Crippen LogP contribution in [0.25, 0.3) is 11.3 Å². The van der Waals surface area contributed by atoms with Gasteiger partial charge in [-0.3, -0.25) is 4.68 Å². The fraction of sp³-hybridized carbons (Fsp3) is 0.286. The molecule has 0 saturated heterocycles. The number of nitrogens with zero attached hydrogens (tertiary/aromatic N) is 2. The zero-order valence-corrected chi connectivity index (χ0v) is 11.4. The van der Waals surface area contributed by atoms with E-state index in [2.05, 4.69) is 5.10 Å². The topological polar surface area (TPSA) is 34.9 Å². The van der Waals surface area contributed by atoms with E-state index < -0.39 is 23.5 Å². The van der Waals surface area contributed by atoms with E-state index >= 15 is 0 Å².